The number of methoxy groups -OCH3 is 1. The molecule has 4 aromatic rings. The second-order valence-electron chi connectivity index (χ2n) is 8.81. The number of benzene rings is 3. The molecule has 4 rings (SSSR count). The zero-order valence-corrected chi connectivity index (χ0v) is 20.5. The second kappa shape index (κ2) is 10.1. The molecule has 6 heteroatoms. The van der Waals surface area contributed by atoms with E-state index in [1.54, 1.807) is 44.4 Å². The van der Waals surface area contributed by atoms with Gasteiger partial charge in [0.1, 0.15) is 17.1 Å². The highest BCUT2D eigenvalue weighted by atomic mass is 16.5. The molecule has 0 fully saturated rings. The molecule has 0 radical (unpaired) electrons. The van der Waals surface area contributed by atoms with E-state index in [0.29, 0.717) is 33.7 Å². The molecule has 0 saturated carbocycles. The number of amides is 1. The molecule has 0 bridgehead atoms. The van der Waals surface area contributed by atoms with Crippen LogP contribution in [0.5, 0.6) is 11.5 Å². The third kappa shape index (κ3) is 5.06. The van der Waals surface area contributed by atoms with Crippen molar-refractivity contribution < 1.29 is 23.5 Å². The molecule has 0 aliphatic rings. The minimum Gasteiger partial charge on any atom is -0.497 e. The number of rotatable bonds is 8. The maximum absolute atomic E-state index is 13.3. The smallest absolute Gasteiger partial charge is 0.265 e. The lowest BCUT2D eigenvalue weighted by molar-refractivity contribution is -0.122. The number of carbonyl (C=O) groups excluding carboxylic acids is 2. The molecule has 1 aromatic heterocycles. The number of carbonyl (C=O) groups is 2. The van der Waals surface area contributed by atoms with Gasteiger partial charge in [-0.15, -0.1) is 0 Å². The number of anilines is 1. The largest absolute Gasteiger partial charge is 0.497 e. The van der Waals surface area contributed by atoms with E-state index in [1.807, 2.05) is 43.3 Å². The monoisotopic (exact) mass is 471 g/mol. The van der Waals surface area contributed by atoms with Crippen molar-refractivity contribution >= 4 is 28.3 Å². The van der Waals surface area contributed by atoms with Gasteiger partial charge >= 0.3 is 0 Å². The van der Waals surface area contributed by atoms with E-state index >= 15 is 0 Å². The normalized spacial score (nSPS) is 11.9. The summed E-state index contributed by atoms with van der Waals surface area (Å²) in [4.78, 5) is 26.5. The summed E-state index contributed by atoms with van der Waals surface area (Å²) < 4.78 is 17.2. The zero-order chi connectivity index (χ0) is 25.1. The number of aryl methyl sites for hydroxylation is 1. The van der Waals surface area contributed by atoms with Gasteiger partial charge in [0.05, 0.1) is 12.8 Å². The fourth-order valence-electron chi connectivity index (χ4n) is 3.89. The van der Waals surface area contributed by atoms with Crippen LogP contribution in [0.4, 0.5) is 5.69 Å². The Morgan fingerprint density at radius 2 is 1.66 bits per heavy atom. The van der Waals surface area contributed by atoms with Crippen LogP contribution in [0.2, 0.25) is 0 Å². The molecule has 0 saturated heterocycles. The number of furan rings is 1. The van der Waals surface area contributed by atoms with Crippen LogP contribution in [-0.2, 0) is 4.79 Å². The Balaban J connectivity index is 1.64. The second-order valence-corrected chi connectivity index (χ2v) is 8.81. The molecular weight excluding hydrogens is 442 g/mol. The van der Waals surface area contributed by atoms with Gasteiger partial charge in [0.2, 0.25) is 5.78 Å². The quantitative estimate of drug-likeness (QED) is 0.296. The van der Waals surface area contributed by atoms with Crippen molar-refractivity contribution in [2.75, 3.05) is 12.4 Å². The predicted molar refractivity (Wildman–Crippen MR) is 137 cm³/mol. The third-order valence-electron chi connectivity index (χ3n) is 5.87. The number of hydrogen-bond donors (Lipinski definition) is 1. The van der Waals surface area contributed by atoms with E-state index in [0.717, 1.165) is 11.1 Å². The molecule has 0 spiro atoms. The lowest BCUT2D eigenvalue weighted by atomic mass is 10.0. The van der Waals surface area contributed by atoms with Crippen LogP contribution >= 0.6 is 0 Å². The van der Waals surface area contributed by atoms with Gasteiger partial charge in [0.15, 0.2) is 11.9 Å². The first kappa shape index (κ1) is 24.1. The number of hydrogen-bond acceptors (Lipinski definition) is 5. The lowest BCUT2D eigenvalue weighted by Crippen LogP contribution is -2.31. The van der Waals surface area contributed by atoms with Gasteiger partial charge in [0, 0.05) is 10.9 Å². The highest BCUT2D eigenvalue weighted by Crippen LogP contribution is 2.33. The van der Waals surface area contributed by atoms with Crippen LogP contribution in [0.3, 0.4) is 0 Å². The Kier molecular flexibility index (Phi) is 6.92. The van der Waals surface area contributed by atoms with Gasteiger partial charge in [-0.3, -0.25) is 9.59 Å². The van der Waals surface area contributed by atoms with Crippen molar-refractivity contribution in [3.63, 3.8) is 0 Å². The zero-order valence-electron chi connectivity index (χ0n) is 20.5. The first-order valence-corrected chi connectivity index (χ1v) is 11.6. The van der Waals surface area contributed by atoms with Crippen molar-refractivity contribution in [1.82, 2.24) is 0 Å². The van der Waals surface area contributed by atoms with E-state index in [-0.39, 0.29) is 23.4 Å². The van der Waals surface area contributed by atoms with E-state index < -0.39 is 6.10 Å². The average Bonchev–Trinajstić information content (AvgIpc) is 3.21. The molecule has 6 nitrogen and oxygen atoms in total. The van der Waals surface area contributed by atoms with E-state index in [9.17, 15) is 9.59 Å². The molecule has 0 aliphatic heterocycles. The van der Waals surface area contributed by atoms with Crippen molar-refractivity contribution in [3.8, 4) is 11.5 Å². The van der Waals surface area contributed by atoms with Gasteiger partial charge in [0.25, 0.3) is 5.91 Å². The van der Waals surface area contributed by atoms with Crippen LogP contribution in [0, 0.1) is 6.92 Å². The third-order valence-corrected chi connectivity index (χ3v) is 5.87. The summed E-state index contributed by atoms with van der Waals surface area (Å²) in [5.41, 5.74) is 3.33. The minimum atomic E-state index is -0.799. The number of ketones is 1. The van der Waals surface area contributed by atoms with Crippen LogP contribution < -0.4 is 14.8 Å². The molecule has 0 aliphatic carbocycles. The standard InChI is InChI=1S/C29H29NO5/c1-17(2)22-15-10-18(3)16-25(22)34-19(4)29(32)30-26-23-8-6-7-9-24(23)35-28(26)27(31)20-11-13-21(33-5)14-12-20/h6-17,19H,1-5H3,(H,30,32). The topological polar surface area (TPSA) is 77.8 Å². The summed E-state index contributed by atoms with van der Waals surface area (Å²) in [7, 11) is 1.56. The molecule has 1 heterocycles. The highest BCUT2D eigenvalue weighted by Gasteiger charge is 2.26. The molecule has 1 unspecified atom stereocenters. The molecule has 1 atom stereocenters. The SMILES string of the molecule is COc1ccc(C(=O)c2oc3ccccc3c2NC(=O)C(C)Oc2cc(C)ccc2C(C)C)cc1. The van der Waals surface area contributed by atoms with Crippen LogP contribution in [0.25, 0.3) is 11.0 Å². The molecule has 180 valence electrons. The van der Waals surface area contributed by atoms with Crippen molar-refractivity contribution in [1.29, 1.82) is 0 Å². The van der Waals surface area contributed by atoms with E-state index in [1.165, 1.54) is 0 Å². The first-order chi connectivity index (χ1) is 16.8. The Morgan fingerprint density at radius 3 is 2.34 bits per heavy atom. The van der Waals surface area contributed by atoms with E-state index in [4.69, 9.17) is 13.9 Å². The summed E-state index contributed by atoms with van der Waals surface area (Å²) >= 11 is 0. The summed E-state index contributed by atoms with van der Waals surface area (Å²) in [5, 5.41) is 3.53. The molecule has 1 amide bonds. The van der Waals surface area contributed by atoms with Gasteiger partial charge in [-0.1, -0.05) is 38.1 Å². The Labute approximate surface area is 204 Å². The number of ether oxygens (including phenoxy) is 2. The predicted octanol–water partition coefficient (Wildman–Crippen LogP) is 6.51. The molecule has 35 heavy (non-hydrogen) atoms. The van der Waals surface area contributed by atoms with Crippen LogP contribution in [0.15, 0.2) is 71.1 Å². The fourth-order valence-corrected chi connectivity index (χ4v) is 3.89. The average molecular weight is 472 g/mol. The molecule has 1 N–H and O–H groups in total. The Morgan fingerprint density at radius 1 is 0.943 bits per heavy atom. The summed E-state index contributed by atoms with van der Waals surface area (Å²) in [6.07, 6.45) is -0.799. The highest BCUT2D eigenvalue weighted by molar-refractivity contribution is 6.17. The maximum Gasteiger partial charge on any atom is 0.265 e. The summed E-state index contributed by atoms with van der Waals surface area (Å²) in [6, 6.07) is 19.9. The number of fused-ring (bicyclic) bond motifs is 1. The van der Waals surface area contributed by atoms with Crippen molar-refractivity contribution in [3.05, 3.63) is 89.2 Å². The number of para-hydroxylation sites is 1. The maximum atomic E-state index is 13.3. The van der Waals surface area contributed by atoms with Crippen molar-refractivity contribution in [2.45, 2.75) is 39.7 Å². The molecular formula is C29H29NO5. The van der Waals surface area contributed by atoms with Gasteiger partial charge in [-0.25, -0.2) is 0 Å². The number of nitrogens with one attached hydrogen (secondary N) is 1. The summed E-state index contributed by atoms with van der Waals surface area (Å²) in [6.45, 7) is 7.83. The minimum absolute atomic E-state index is 0.0651. The Hall–Kier alpha value is -4.06. The molecule has 3 aromatic carbocycles. The fraction of sp³-hybridized carbons (Fsp3) is 0.241. The van der Waals surface area contributed by atoms with Crippen molar-refractivity contribution in [2.24, 2.45) is 0 Å². The lowest BCUT2D eigenvalue weighted by Gasteiger charge is -2.19. The van der Waals surface area contributed by atoms with Gasteiger partial charge < -0.3 is 19.2 Å². The van der Waals surface area contributed by atoms with Gasteiger partial charge in [-0.2, -0.15) is 0 Å². The Bertz CT molecular complexity index is 1370. The van der Waals surface area contributed by atoms with E-state index in [2.05, 4.69) is 19.2 Å². The first-order valence-electron chi connectivity index (χ1n) is 11.6. The van der Waals surface area contributed by atoms with Crippen LogP contribution in [-0.4, -0.2) is 24.9 Å². The van der Waals surface area contributed by atoms with Crippen LogP contribution in [0.1, 0.15) is 53.9 Å². The summed E-state index contributed by atoms with van der Waals surface area (Å²) in [5.74, 6) is 0.907. The van der Waals surface area contributed by atoms with Gasteiger partial charge in [-0.05, 0) is 73.4 Å².